The molecule has 20 heavy (non-hydrogen) atoms. The number of aryl methyl sites for hydroxylation is 2. The molecule has 2 unspecified atom stereocenters. The van der Waals surface area contributed by atoms with E-state index in [0.29, 0.717) is 11.4 Å². The van der Waals surface area contributed by atoms with E-state index >= 15 is 0 Å². The van der Waals surface area contributed by atoms with Crippen molar-refractivity contribution in [2.45, 2.75) is 37.3 Å². The summed E-state index contributed by atoms with van der Waals surface area (Å²) >= 11 is 0. The van der Waals surface area contributed by atoms with Crippen molar-refractivity contribution in [2.75, 3.05) is 13.7 Å². The summed E-state index contributed by atoms with van der Waals surface area (Å²) in [5, 5.41) is 15.7. The zero-order chi connectivity index (χ0) is 15.1. The average Bonchev–Trinajstić information content (AvgIpc) is 2.93. The number of carbonyl (C=O) groups is 1. The maximum absolute atomic E-state index is 12.7. The predicted molar refractivity (Wildman–Crippen MR) is 68.8 cm³/mol. The van der Waals surface area contributed by atoms with Crippen molar-refractivity contribution in [1.29, 1.82) is 0 Å². The average molecular weight is 303 g/mol. The van der Waals surface area contributed by atoms with Gasteiger partial charge in [-0.15, -0.1) is 0 Å². The quantitative estimate of drug-likeness (QED) is 0.802. The van der Waals surface area contributed by atoms with E-state index in [-0.39, 0.29) is 17.9 Å². The highest BCUT2D eigenvalue weighted by Crippen LogP contribution is 2.30. The van der Waals surface area contributed by atoms with E-state index in [1.54, 1.807) is 13.8 Å². The third-order valence-electron chi connectivity index (χ3n) is 3.46. The number of hydrogen-bond acceptors (Lipinski definition) is 5. The molecular formula is C11H17N3O5S. The number of nitrogens with zero attached hydrogens (tertiary/aromatic N) is 2. The second-order valence-corrected chi connectivity index (χ2v) is 6.61. The number of ether oxygens (including phenoxy) is 1. The Bertz CT molecular complexity index is 605. The molecule has 8 nitrogen and oxygen atoms in total. The molecule has 1 aliphatic heterocycles. The highest BCUT2D eigenvalue weighted by atomic mass is 32.2. The maximum Gasteiger partial charge on any atom is 0.322 e. The van der Waals surface area contributed by atoms with Crippen LogP contribution in [0, 0.1) is 13.8 Å². The second-order valence-electron chi connectivity index (χ2n) is 4.79. The lowest BCUT2D eigenvalue weighted by molar-refractivity contribution is -0.140. The monoisotopic (exact) mass is 303 g/mol. The van der Waals surface area contributed by atoms with E-state index in [9.17, 15) is 18.3 Å². The van der Waals surface area contributed by atoms with Gasteiger partial charge in [0.15, 0.2) is 0 Å². The first-order valence-electron chi connectivity index (χ1n) is 6.08. The van der Waals surface area contributed by atoms with Crippen LogP contribution in [0.1, 0.15) is 17.8 Å². The minimum absolute atomic E-state index is 0.0276. The lowest BCUT2D eigenvalue weighted by Gasteiger charge is -2.20. The first-order valence-corrected chi connectivity index (χ1v) is 7.52. The Morgan fingerprint density at radius 3 is 2.60 bits per heavy atom. The van der Waals surface area contributed by atoms with Gasteiger partial charge < -0.3 is 9.84 Å². The first kappa shape index (κ1) is 14.9. The molecule has 2 N–H and O–H groups in total. The predicted octanol–water partition coefficient (Wildman–Crippen LogP) is -0.111. The SMILES string of the molecule is COC1CC(C(=O)O)N(S(=O)(=O)c2c(C)n[nH]c2C)C1. The standard InChI is InChI=1S/C11H17N3O5S/c1-6-10(7(2)13-12-6)20(17,18)14-5-8(19-3)4-9(14)11(15)16/h8-9H,4-5H2,1-3H3,(H,12,13)(H,15,16). The fraction of sp³-hybridized carbons (Fsp3) is 0.636. The number of nitrogens with one attached hydrogen (secondary N) is 1. The van der Waals surface area contributed by atoms with E-state index in [0.717, 1.165) is 4.31 Å². The van der Waals surface area contributed by atoms with Crippen LogP contribution in [0.25, 0.3) is 0 Å². The van der Waals surface area contributed by atoms with Gasteiger partial charge in [0.1, 0.15) is 10.9 Å². The van der Waals surface area contributed by atoms with Crippen LogP contribution < -0.4 is 0 Å². The molecular weight excluding hydrogens is 286 g/mol. The molecule has 2 rings (SSSR count). The van der Waals surface area contributed by atoms with Crippen molar-refractivity contribution >= 4 is 16.0 Å². The number of H-pyrrole nitrogens is 1. The van der Waals surface area contributed by atoms with Crippen LogP contribution in [-0.2, 0) is 19.6 Å². The van der Waals surface area contributed by atoms with Crippen molar-refractivity contribution in [3.8, 4) is 0 Å². The van der Waals surface area contributed by atoms with Crippen molar-refractivity contribution in [1.82, 2.24) is 14.5 Å². The third-order valence-corrected chi connectivity index (χ3v) is 5.60. The fourth-order valence-corrected chi connectivity index (χ4v) is 4.43. The number of sulfonamides is 1. The largest absolute Gasteiger partial charge is 0.480 e. The Morgan fingerprint density at radius 1 is 1.50 bits per heavy atom. The number of aromatic amines is 1. The first-order chi connectivity index (χ1) is 9.28. The Balaban J connectivity index is 2.45. The molecule has 0 amide bonds. The maximum atomic E-state index is 12.7. The van der Waals surface area contributed by atoms with Crippen LogP contribution in [-0.4, -0.2) is 59.8 Å². The summed E-state index contributed by atoms with van der Waals surface area (Å²) in [5.74, 6) is -1.17. The summed E-state index contributed by atoms with van der Waals surface area (Å²) in [4.78, 5) is 11.3. The smallest absolute Gasteiger partial charge is 0.322 e. The summed E-state index contributed by atoms with van der Waals surface area (Å²) in [6.45, 7) is 3.18. The molecule has 0 aliphatic carbocycles. The van der Waals surface area contributed by atoms with Crippen LogP contribution in [0.4, 0.5) is 0 Å². The van der Waals surface area contributed by atoms with E-state index in [4.69, 9.17) is 4.74 Å². The molecule has 0 bridgehead atoms. The van der Waals surface area contributed by atoms with E-state index in [2.05, 4.69) is 10.2 Å². The third kappa shape index (κ3) is 2.32. The highest BCUT2D eigenvalue weighted by molar-refractivity contribution is 7.89. The number of carboxylic acids is 1. The molecule has 0 saturated carbocycles. The lowest BCUT2D eigenvalue weighted by Crippen LogP contribution is -2.40. The lowest BCUT2D eigenvalue weighted by atomic mass is 10.2. The molecule has 2 heterocycles. The van der Waals surface area contributed by atoms with Gasteiger partial charge in [-0.1, -0.05) is 0 Å². The fourth-order valence-electron chi connectivity index (χ4n) is 2.47. The van der Waals surface area contributed by atoms with Gasteiger partial charge in [0.05, 0.1) is 17.5 Å². The number of methoxy groups -OCH3 is 1. The summed E-state index contributed by atoms with van der Waals surface area (Å²) in [5.41, 5.74) is 0.722. The van der Waals surface area contributed by atoms with Gasteiger partial charge in [0.2, 0.25) is 10.0 Å². The zero-order valence-corrected chi connectivity index (χ0v) is 12.3. The Hall–Kier alpha value is -1.45. The van der Waals surface area contributed by atoms with Gasteiger partial charge in [-0.05, 0) is 13.8 Å². The normalized spacial score (nSPS) is 24.1. The number of carboxylic acid groups (broad SMARTS) is 1. The Morgan fingerprint density at radius 2 is 2.15 bits per heavy atom. The van der Waals surface area contributed by atoms with Crippen LogP contribution in [0.15, 0.2) is 4.90 Å². The van der Waals surface area contributed by atoms with Crippen molar-refractivity contribution in [3.05, 3.63) is 11.4 Å². The molecule has 1 saturated heterocycles. The van der Waals surface area contributed by atoms with Crippen molar-refractivity contribution < 1.29 is 23.1 Å². The molecule has 2 atom stereocenters. The van der Waals surface area contributed by atoms with Gasteiger partial charge in [0, 0.05) is 20.1 Å². The molecule has 0 radical (unpaired) electrons. The van der Waals surface area contributed by atoms with Gasteiger partial charge in [-0.2, -0.15) is 9.40 Å². The van der Waals surface area contributed by atoms with Crippen LogP contribution in [0.3, 0.4) is 0 Å². The molecule has 0 aromatic carbocycles. The van der Waals surface area contributed by atoms with Gasteiger partial charge in [0.25, 0.3) is 0 Å². The molecule has 9 heteroatoms. The minimum atomic E-state index is -3.92. The number of aliphatic carboxylic acids is 1. The zero-order valence-electron chi connectivity index (χ0n) is 11.5. The van der Waals surface area contributed by atoms with Crippen molar-refractivity contribution in [3.63, 3.8) is 0 Å². The Labute approximate surface area is 116 Å². The number of hydrogen-bond donors (Lipinski definition) is 2. The summed E-state index contributed by atoms with van der Waals surface area (Å²) in [6.07, 6.45) is -0.278. The van der Waals surface area contributed by atoms with Gasteiger partial charge in [-0.25, -0.2) is 8.42 Å². The Kier molecular flexibility index (Phi) is 3.85. The summed E-state index contributed by atoms with van der Waals surface area (Å²) < 4.78 is 31.4. The summed E-state index contributed by atoms with van der Waals surface area (Å²) in [7, 11) is -2.48. The molecule has 1 fully saturated rings. The number of rotatable bonds is 4. The molecule has 0 spiro atoms. The van der Waals surface area contributed by atoms with Gasteiger partial charge in [-0.3, -0.25) is 9.89 Å². The van der Waals surface area contributed by atoms with E-state index in [1.165, 1.54) is 7.11 Å². The molecule has 112 valence electrons. The van der Waals surface area contributed by atoms with Crippen LogP contribution in [0.5, 0.6) is 0 Å². The van der Waals surface area contributed by atoms with E-state index < -0.39 is 28.1 Å². The van der Waals surface area contributed by atoms with Crippen molar-refractivity contribution in [2.24, 2.45) is 0 Å². The minimum Gasteiger partial charge on any atom is -0.480 e. The van der Waals surface area contributed by atoms with E-state index in [1.807, 2.05) is 0 Å². The number of aromatic nitrogens is 2. The van der Waals surface area contributed by atoms with Gasteiger partial charge >= 0.3 is 5.97 Å². The van der Waals surface area contributed by atoms with Crippen LogP contribution in [0.2, 0.25) is 0 Å². The second kappa shape index (κ2) is 5.15. The van der Waals surface area contributed by atoms with Crippen LogP contribution >= 0.6 is 0 Å². The topological polar surface area (TPSA) is 113 Å². The highest BCUT2D eigenvalue weighted by Gasteiger charge is 2.45. The molecule has 1 aliphatic rings. The molecule has 1 aromatic heterocycles. The molecule has 1 aromatic rings. The summed E-state index contributed by atoms with van der Waals surface area (Å²) in [6, 6.07) is -1.11.